The first-order chi connectivity index (χ1) is 6.69. The van der Waals surface area contributed by atoms with Crippen LogP contribution in [0.2, 0.25) is 0 Å². The lowest BCUT2D eigenvalue weighted by Crippen LogP contribution is -2.01. The maximum Gasteiger partial charge on any atom is 0.339 e. The average molecular weight is 257 g/mol. The minimum absolute atomic E-state index is 0.387. The summed E-state index contributed by atoms with van der Waals surface area (Å²) in [4.78, 5) is 11.2. The van der Waals surface area contributed by atoms with E-state index in [1.165, 1.54) is 13.4 Å². The van der Waals surface area contributed by atoms with Gasteiger partial charge in [0, 0.05) is 4.47 Å². The molecule has 1 aromatic carbocycles. The first-order valence-electron chi connectivity index (χ1n) is 3.84. The molecule has 4 heteroatoms. The van der Waals surface area contributed by atoms with Gasteiger partial charge in [-0.1, -0.05) is 6.58 Å². The molecule has 0 aliphatic rings. The van der Waals surface area contributed by atoms with E-state index in [9.17, 15) is 4.79 Å². The fraction of sp³-hybridized carbons (Fsp3) is 0.100. The third kappa shape index (κ3) is 2.35. The van der Waals surface area contributed by atoms with Crippen molar-refractivity contribution in [1.29, 1.82) is 0 Å². The van der Waals surface area contributed by atoms with Gasteiger partial charge in [-0.2, -0.15) is 0 Å². The van der Waals surface area contributed by atoms with Gasteiger partial charge >= 0.3 is 5.97 Å². The number of hydrogen-bond acceptors (Lipinski definition) is 3. The van der Waals surface area contributed by atoms with Gasteiger partial charge in [0.1, 0.15) is 5.75 Å². The fourth-order valence-electron chi connectivity index (χ4n) is 0.941. The predicted octanol–water partition coefficient (Wildman–Crippen LogP) is 2.76. The third-order valence-electron chi connectivity index (χ3n) is 1.57. The number of carbonyl (C=O) groups is 1. The molecule has 0 saturated carbocycles. The molecule has 0 amide bonds. The Morgan fingerprint density at radius 1 is 1.57 bits per heavy atom. The number of hydrogen-bond donors (Lipinski definition) is 0. The van der Waals surface area contributed by atoms with Crippen LogP contribution in [0.5, 0.6) is 5.75 Å². The zero-order valence-electron chi connectivity index (χ0n) is 7.62. The summed E-state index contributed by atoms with van der Waals surface area (Å²) in [5.41, 5.74) is 0.462. The molecule has 0 aliphatic carbocycles. The number of rotatable bonds is 3. The highest BCUT2D eigenvalue weighted by molar-refractivity contribution is 9.10. The second-order valence-electron chi connectivity index (χ2n) is 2.42. The molecule has 74 valence electrons. The summed E-state index contributed by atoms with van der Waals surface area (Å²) in [5.74, 6) is 0.224. The average Bonchev–Trinajstić information content (AvgIpc) is 2.17. The van der Waals surface area contributed by atoms with Crippen molar-refractivity contribution < 1.29 is 14.3 Å². The van der Waals surface area contributed by atoms with E-state index in [0.29, 0.717) is 15.8 Å². The minimum Gasteiger partial charge on any atom is -0.466 e. The van der Waals surface area contributed by atoms with Crippen LogP contribution in [-0.4, -0.2) is 13.1 Å². The second kappa shape index (κ2) is 4.81. The standard InChI is InChI=1S/C10H9BrO3/c1-3-14-7-4-5-8(9(11)6-7)10(12)13-2/h3-6H,1H2,2H3. The quantitative estimate of drug-likeness (QED) is 0.617. The Morgan fingerprint density at radius 2 is 2.29 bits per heavy atom. The number of ether oxygens (including phenoxy) is 2. The first kappa shape index (κ1) is 10.8. The van der Waals surface area contributed by atoms with Crippen molar-refractivity contribution in [1.82, 2.24) is 0 Å². The van der Waals surface area contributed by atoms with Crippen molar-refractivity contribution in [3.8, 4) is 5.75 Å². The van der Waals surface area contributed by atoms with Crippen LogP contribution < -0.4 is 4.74 Å². The maximum atomic E-state index is 11.2. The van der Waals surface area contributed by atoms with Crippen molar-refractivity contribution in [2.24, 2.45) is 0 Å². The van der Waals surface area contributed by atoms with Crippen LogP contribution >= 0.6 is 15.9 Å². The van der Waals surface area contributed by atoms with Gasteiger partial charge in [-0.25, -0.2) is 4.79 Å². The molecule has 14 heavy (non-hydrogen) atoms. The van der Waals surface area contributed by atoms with Crippen LogP contribution in [0, 0.1) is 0 Å². The molecule has 0 saturated heterocycles. The molecule has 3 nitrogen and oxygen atoms in total. The molecular weight excluding hydrogens is 248 g/mol. The van der Waals surface area contributed by atoms with Gasteiger partial charge in [0.15, 0.2) is 0 Å². The normalized spacial score (nSPS) is 9.29. The zero-order chi connectivity index (χ0) is 10.6. The Labute approximate surface area is 90.5 Å². The van der Waals surface area contributed by atoms with E-state index in [1.54, 1.807) is 18.2 Å². The van der Waals surface area contributed by atoms with Crippen molar-refractivity contribution >= 4 is 21.9 Å². The monoisotopic (exact) mass is 256 g/mol. The summed E-state index contributed by atoms with van der Waals surface area (Å²) in [6.45, 7) is 3.43. The molecule has 0 aromatic heterocycles. The second-order valence-corrected chi connectivity index (χ2v) is 3.27. The van der Waals surface area contributed by atoms with Crippen molar-refractivity contribution in [2.45, 2.75) is 0 Å². The third-order valence-corrected chi connectivity index (χ3v) is 2.22. The van der Waals surface area contributed by atoms with Crippen molar-refractivity contribution in [3.63, 3.8) is 0 Å². The Balaban J connectivity index is 3.00. The van der Waals surface area contributed by atoms with E-state index in [1.807, 2.05) is 0 Å². The van der Waals surface area contributed by atoms with Crippen LogP contribution in [-0.2, 0) is 4.74 Å². The minimum atomic E-state index is -0.387. The van der Waals surface area contributed by atoms with Crippen LogP contribution in [0.1, 0.15) is 10.4 Å². The molecule has 0 unspecified atom stereocenters. The summed E-state index contributed by atoms with van der Waals surface area (Å²) >= 11 is 3.24. The molecule has 1 rings (SSSR count). The summed E-state index contributed by atoms with van der Waals surface area (Å²) in [6, 6.07) is 4.96. The Kier molecular flexibility index (Phi) is 3.71. The lowest BCUT2D eigenvalue weighted by molar-refractivity contribution is 0.0599. The van der Waals surface area contributed by atoms with Crippen LogP contribution in [0.3, 0.4) is 0 Å². The molecule has 0 aliphatic heterocycles. The number of esters is 1. The summed E-state index contributed by atoms with van der Waals surface area (Å²) in [6.07, 6.45) is 1.32. The van der Waals surface area contributed by atoms with E-state index in [4.69, 9.17) is 4.74 Å². The van der Waals surface area contributed by atoms with Crippen LogP contribution in [0.15, 0.2) is 35.5 Å². The predicted molar refractivity (Wildman–Crippen MR) is 56.3 cm³/mol. The van der Waals surface area contributed by atoms with E-state index < -0.39 is 0 Å². The molecule has 0 bridgehead atoms. The zero-order valence-corrected chi connectivity index (χ0v) is 9.21. The lowest BCUT2D eigenvalue weighted by Gasteiger charge is -2.04. The van der Waals surface area contributed by atoms with Gasteiger partial charge in [-0.3, -0.25) is 0 Å². The first-order valence-corrected chi connectivity index (χ1v) is 4.63. The molecule has 0 spiro atoms. The largest absolute Gasteiger partial charge is 0.466 e. The topological polar surface area (TPSA) is 35.5 Å². The van der Waals surface area contributed by atoms with E-state index in [-0.39, 0.29) is 5.97 Å². The molecule has 0 radical (unpaired) electrons. The molecule has 0 N–H and O–H groups in total. The molecular formula is C10H9BrO3. The SMILES string of the molecule is C=COc1ccc(C(=O)OC)c(Br)c1. The Morgan fingerprint density at radius 3 is 2.79 bits per heavy atom. The highest BCUT2D eigenvalue weighted by Gasteiger charge is 2.10. The summed E-state index contributed by atoms with van der Waals surface area (Å²) < 4.78 is 10.3. The number of halogens is 1. The van der Waals surface area contributed by atoms with Gasteiger partial charge < -0.3 is 9.47 Å². The van der Waals surface area contributed by atoms with Gasteiger partial charge in [0.05, 0.1) is 18.9 Å². The fourth-order valence-corrected chi connectivity index (χ4v) is 1.46. The number of methoxy groups -OCH3 is 1. The van der Waals surface area contributed by atoms with Crippen LogP contribution in [0.25, 0.3) is 0 Å². The number of benzene rings is 1. The van der Waals surface area contributed by atoms with E-state index in [2.05, 4.69) is 27.2 Å². The van der Waals surface area contributed by atoms with Gasteiger partial charge in [0.2, 0.25) is 0 Å². The molecule has 0 heterocycles. The maximum absolute atomic E-state index is 11.2. The van der Waals surface area contributed by atoms with Crippen molar-refractivity contribution in [2.75, 3.05) is 7.11 Å². The van der Waals surface area contributed by atoms with Gasteiger partial charge in [-0.05, 0) is 34.1 Å². The highest BCUT2D eigenvalue weighted by atomic mass is 79.9. The summed E-state index contributed by atoms with van der Waals surface area (Å²) in [7, 11) is 1.34. The molecule has 1 aromatic rings. The highest BCUT2D eigenvalue weighted by Crippen LogP contribution is 2.23. The Bertz CT molecular complexity index is 360. The smallest absolute Gasteiger partial charge is 0.339 e. The van der Waals surface area contributed by atoms with E-state index in [0.717, 1.165) is 0 Å². The Hall–Kier alpha value is -1.29. The van der Waals surface area contributed by atoms with Gasteiger partial charge in [0.25, 0.3) is 0 Å². The van der Waals surface area contributed by atoms with Crippen LogP contribution in [0.4, 0.5) is 0 Å². The lowest BCUT2D eigenvalue weighted by atomic mass is 10.2. The summed E-state index contributed by atoms with van der Waals surface area (Å²) in [5, 5.41) is 0. The molecule has 0 atom stereocenters. The van der Waals surface area contributed by atoms with Gasteiger partial charge in [-0.15, -0.1) is 0 Å². The number of carbonyl (C=O) groups excluding carboxylic acids is 1. The van der Waals surface area contributed by atoms with Crippen molar-refractivity contribution in [3.05, 3.63) is 41.1 Å². The molecule has 0 fully saturated rings. The van der Waals surface area contributed by atoms with E-state index >= 15 is 0 Å².